The van der Waals surface area contributed by atoms with Gasteiger partial charge in [-0.25, -0.2) is 4.79 Å². The highest BCUT2D eigenvalue weighted by atomic mass is 16.4. The number of aromatic nitrogens is 1. The summed E-state index contributed by atoms with van der Waals surface area (Å²) in [5.41, 5.74) is -0.887. The molecule has 2 heterocycles. The van der Waals surface area contributed by atoms with Gasteiger partial charge in [0, 0.05) is 24.5 Å². The van der Waals surface area contributed by atoms with Crippen LogP contribution >= 0.6 is 0 Å². The van der Waals surface area contributed by atoms with Gasteiger partial charge < -0.3 is 15.0 Å². The third kappa shape index (κ3) is 2.57. The number of pyridine rings is 1. The molecule has 0 aromatic carbocycles. The topological polar surface area (TPSA) is 90.5 Å². The average molecular weight is 292 g/mol. The van der Waals surface area contributed by atoms with Crippen LogP contribution in [0.5, 0.6) is 0 Å². The monoisotopic (exact) mass is 292 g/mol. The molecule has 114 valence electrons. The summed E-state index contributed by atoms with van der Waals surface area (Å²) >= 11 is 0. The maximum absolute atomic E-state index is 12.6. The lowest BCUT2D eigenvalue weighted by molar-refractivity contribution is -0.148. The van der Waals surface area contributed by atoms with Crippen LogP contribution in [0, 0.1) is 6.92 Å². The number of carboxylic acids is 1. The van der Waals surface area contributed by atoms with Crippen LogP contribution in [0.2, 0.25) is 0 Å². The Balaban J connectivity index is 2.41. The summed E-state index contributed by atoms with van der Waals surface area (Å²) in [6.45, 7) is 3.99. The maximum atomic E-state index is 12.6. The zero-order valence-corrected chi connectivity index (χ0v) is 12.3. The van der Waals surface area contributed by atoms with Crippen molar-refractivity contribution in [1.29, 1.82) is 0 Å². The normalized spacial score (nSPS) is 21.5. The van der Waals surface area contributed by atoms with E-state index in [1.807, 2.05) is 6.92 Å². The van der Waals surface area contributed by atoms with Crippen molar-refractivity contribution in [2.45, 2.75) is 45.1 Å². The summed E-state index contributed by atoms with van der Waals surface area (Å²) < 4.78 is 0. The van der Waals surface area contributed by atoms with Gasteiger partial charge in [0.15, 0.2) is 5.43 Å². The molecule has 0 aliphatic carbocycles. The van der Waals surface area contributed by atoms with Crippen LogP contribution in [0.3, 0.4) is 0 Å². The van der Waals surface area contributed by atoms with E-state index in [0.29, 0.717) is 37.9 Å². The van der Waals surface area contributed by atoms with Crippen LogP contribution in [0.4, 0.5) is 0 Å². The molecule has 2 rings (SSSR count). The van der Waals surface area contributed by atoms with E-state index in [0.717, 1.165) is 0 Å². The Kier molecular flexibility index (Phi) is 4.16. The molecule has 1 unspecified atom stereocenters. The zero-order valence-electron chi connectivity index (χ0n) is 12.3. The minimum absolute atomic E-state index is 0.00391. The first-order chi connectivity index (χ1) is 9.92. The number of carboxylic acid groups (broad SMARTS) is 1. The molecule has 1 aromatic heterocycles. The van der Waals surface area contributed by atoms with E-state index < -0.39 is 17.4 Å². The third-order valence-electron chi connectivity index (χ3n) is 4.08. The van der Waals surface area contributed by atoms with Gasteiger partial charge in [-0.05, 0) is 26.2 Å². The summed E-state index contributed by atoms with van der Waals surface area (Å²) in [4.78, 5) is 40.5. The van der Waals surface area contributed by atoms with Crippen LogP contribution in [0.1, 0.15) is 48.7 Å². The van der Waals surface area contributed by atoms with Crippen molar-refractivity contribution in [2.75, 3.05) is 6.54 Å². The number of rotatable bonds is 4. The number of likely N-dealkylation sites (tertiary alicyclic amines) is 1. The van der Waals surface area contributed by atoms with Crippen molar-refractivity contribution < 1.29 is 14.7 Å². The van der Waals surface area contributed by atoms with Crippen LogP contribution < -0.4 is 5.43 Å². The molecule has 6 heteroatoms. The van der Waals surface area contributed by atoms with Crippen molar-refractivity contribution >= 4 is 11.9 Å². The van der Waals surface area contributed by atoms with E-state index in [-0.39, 0.29) is 11.0 Å². The molecule has 0 radical (unpaired) electrons. The molecule has 21 heavy (non-hydrogen) atoms. The van der Waals surface area contributed by atoms with Crippen molar-refractivity contribution in [1.82, 2.24) is 9.88 Å². The predicted molar refractivity (Wildman–Crippen MR) is 77.3 cm³/mol. The lowest BCUT2D eigenvalue weighted by atomic mass is 9.90. The number of carbonyl (C=O) groups is 2. The SMILES string of the molecule is CCCC1(C(=O)O)CCCN1C(=O)c1c[nH]c(C)cc1=O. The summed E-state index contributed by atoms with van der Waals surface area (Å²) in [7, 11) is 0. The van der Waals surface area contributed by atoms with Gasteiger partial charge in [-0.1, -0.05) is 13.3 Å². The lowest BCUT2D eigenvalue weighted by Gasteiger charge is -2.34. The Hall–Kier alpha value is -2.11. The highest BCUT2D eigenvalue weighted by molar-refractivity contribution is 5.98. The second-order valence-electron chi connectivity index (χ2n) is 5.54. The molecule has 1 aromatic rings. The first-order valence-corrected chi connectivity index (χ1v) is 7.17. The van der Waals surface area contributed by atoms with Crippen LogP contribution in [-0.2, 0) is 4.79 Å². The number of nitrogens with zero attached hydrogens (tertiary/aromatic N) is 1. The molecule has 1 fully saturated rings. The van der Waals surface area contributed by atoms with E-state index in [1.165, 1.54) is 17.2 Å². The minimum Gasteiger partial charge on any atom is -0.479 e. The lowest BCUT2D eigenvalue weighted by Crippen LogP contribution is -2.53. The zero-order chi connectivity index (χ0) is 15.6. The molecule has 0 saturated carbocycles. The second kappa shape index (κ2) is 5.71. The predicted octanol–water partition coefficient (Wildman–Crippen LogP) is 1.54. The first-order valence-electron chi connectivity index (χ1n) is 7.17. The van der Waals surface area contributed by atoms with Gasteiger partial charge in [0.1, 0.15) is 11.1 Å². The number of H-pyrrole nitrogens is 1. The Labute approximate surface area is 122 Å². The van der Waals surface area contributed by atoms with Crippen LogP contribution in [-0.4, -0.2) is 39.0 Å². The maximum Gasteiger partial charge on any atom is 0.329 e. The number of carbonyl (C=O) groups excluding carboxylic acids is 1. The number of aromatic amines is 1. The molecular weight excluding hydrogens is 272 g/mol. The van der Waals surface area contributed by atoms with Crippen LogP contribution in [0.15, 0.2) is 17.1 Å². The second-order valence-corrected chi connectivity index (χ2v) is 5.54. The molecule has 1 amide bonds. The molecule has 0 spiro atoms. The fourth-order valence-electron chi connectivity index (χ4n) is 3.06. The smallest absolute Gasteiger partial charge is 0.329 e. The summed E-state index contributed by atoms with van der Waals surface area (Å²) in [6.07, 6.45) is 3.52. The number of aryl methyl sites for hydroxylation is 1. The van der Waals surface area contributed by atoms with Gasteiger partial charge in [0.2, 0.25) is 0 Å². The van der Waals surface area contributed by atoms with Crippen molar-refractivity contribution in [3.8, 4) is 0 Å². The molecule has 6 nitrogen and oxygen atoms in total. The number of hydrogen-bond donors (Lipinski definition) is 2. The third-order valence-corrected chi connectivity index (χ3v) is 4.08. The molecule has 2 N–H and O–H groups in total. The number of amides is 1. The van der Waals surface area contributed by atoms with Crippen molar-refractivity contribution in [3.05, 3.63) is 33.7 Å². The highest BCUT2D eigenvalue weighted by Crippen LogP contribution is 2.34. The summed E-state index contributed by atoms with van der Waals surface area (Å²) in [5.74, 6) is -1.48. The standard InChI is InChI=1S/C15H20N2O4/c1-3-5-15(14(20)21)6-4-7-17(15)13(19)11-9-16-10(2)8-12(11)18/h8-9H,3-7H2,1-2H3,(H,16,18)(H,20,21). The number of hydrogen-bond acceptors (Lipinski definition) is 3. The van der Waals surface area contributed by atoms with E-state index in [1.54, 1.807) is 6.92 Å². The minimum atomic E-state index is -1.18. The van der Waals surface area contributed by atoms with Gasteiger partial charge in [0.25, 0.3) is 5.91 Å². The van der Waals surface area contributed by atoms with Crippen molar-refractivity contribution in [3.63, 3.8) is 0 Å². The quantitative estimate of drug-likeness (QED) is 0.880. The fraction of sp³-hybridized carbons (Fsp3) is 0.533. The largest absolute Gasteiger partial charge is 0.479 e. The van der Waals surface area contributed by atoms with E-state index in [9.17, 15) is 19.5 Å². The van der Waals surface area contributed by atoms with Crippen LogP contribution in [0.25, 0.3) is 0 Å². The molecule has 0 bridgehead atoms. The van der Waals surface area contributed by atoms with E-state index in [2.05, 4.69) is 4.98 Å². The Bertz CT molecular complexity index is 622. The van der Waals surface area contributed by atoms with E-state index in [4.69, 9.17) is 0 Å². The average Bonchev–Trinajstić information content (AvgIpc) is 2.83. The van der Waals surface area contributed by atoms with Gasteiger partial charge in [-0.15, -0.1) is 0 Å². The molecular formula is C15H20N2O4. The Morgan fingerprint density at radius 2 is 2.19 bits per heavy atom. The fourth-order valence-corrected chi connectivity index (χ4v) is 3.06. The molecule has 1 aliphatic heterocycles. The summed E-state index contributed by atoms with van der Waals surface area (Å²) in [5, 5.41) is 9.59. The van der Waals surface area contributed by atoms with Gasteiger partial charge in [0.05, 0.1) is 0 Å². The van der Waals surface area contributed by atoms with Crippen molar-refractivity contribution in [2.24, 2.45) is 0 Å². The molecule has 1 aliphatic rings. The van der Waals surface area contributed by atoms with E-state index >= 15 is 0 Å². The molecule has 1 atom stereocenters. The first kappa shape index (κ1) is 15.3. The number of nitrogens with one attached hydrogen (secondary N) is 1. The molecule has 1 saturated heterocycles. The Morgan fingerprint density at radius 3 is 2.76 bits per heavy atom. The van der Waals surface area contributed by atoms with Gasteiger partial charge in [-0.3, -0.25) is 9.59 Å². The number of aliphatic carboxylic acids is 1. The van der Waals surface area contributed by atoms with Gasteiger partial charge in [-0.2, -0.15) is 0 Å². The summed E-state index contributed by atoms with van der Waals surface area (Å²) in [6, 6.07) is 1.35. The Morgan fingerprint density at radius 1 is 1.48 bits per heavy atom. The van der Waals surface area contributed by atoms with Gasteiger partial charge >= 0.3 is 5.97 Å². The highest BCUT2D eigenvalue weighted by Gasteiger charge is 2.49.